The van der Waals surface area contributed by atoms with Gasteiger partial charge in [-0.05, 0) is 51.0 Å². The van der Waals surface area contributed by atoms with Gasteiger partial charge in [0.05, 0.1) is 18.2 Å². The smallest absolute Gasteiger partial charge is 0.408 e. The molecule has 0 aliphatic heterocycles. The summed E-state index contributed by atoms with van der Waals surface area (Å²) >= 11 is 6.43. The topological polar surface area (TPSA) is 94.6 Å². The van der Waals surface area contributed by atoms with Gasteiger partial charge >= 0.3 is 12.1 Å². The number of esters is 1. The summed E-state index contributed by atoms with van der Waals surface area (Å²) in [7, 11) is 1.30. The third kappa shape index (κ3) is 5.54. The van der Waals surface area contributed by atoms with Crippen molar-refractivity contribution in [2.45, 2.75) is 38.8 Å². The molecule has 0 aliphatic rings. The van der Waals surface area contributed by atoms with E-state index in [4.69, 9.17) is 25.9 Å². The molecule has 9 heteroatoms. The van der Waals surface area contributed by atoms with Crippen LogP contribution < -0.4 is 10.2 Å². The molecule has 0 bridgehead atoms. The molecular formula is C26H28ClN3O5. The van der Waals surface area contributed by atoms with Gasteiger partial charge in [-0.3, -0.25) is 0 Å². The summed E-state index contributed by atoms with van der Waals surface area (Å²) in [6, 6.07) is 14.4. The van der Waals surface area contributed by atoms with E-state index in [9.17, 15) is 9.59 Å². The Morgan fingerprint density at radius 3 is 2.66 bits per heavy atom. The fourth-order valence-electron chi connectivity index (χ4n) is 3.93. The van der Waals surface area contributed by atoms with Crippen LogP contribution >= 0.6 is 11.6 Å². The number of methoxy groups -OCH3 is 1. The minimum absolute atomic E-state index is 0.0394. The zero-order chi connectivity index (χ0) is 25.2. The predicted molar refractivity (Wildman–Crippen MR) is 135 cm³/mol. The number of halogens is 1. The van der Waals surface area contributed by atoms with E-state index in [0.717, 1.165) is 21.9 Å². The number of ether oxygens (including phenoxy) is 2. The van der Waals surface area contributed by atoms with Crippen LogP contribution in [-0.4, -0.2) is 47.1 Å². The first-order chi connectivity index (χ1) is 16.7. The standard InChI is InChI=1S/C26H28ClN3O5/c1-26(2,3)35-25(32)29-18(12-17-14-28-21-11-6-5-9-19(17)21)15-34-30-22(24(31)33-4)13-16-8-7-10-20(27)23(16)30/h5-11,13-14,18,28H,12,15H2,1-4H3,(H,29,32). The Hall–Kier alpha value is -3.65. The summed E-state index contributed by atoms with van der Waals surface area (Å²) in [6.07, 6.45) is 1.81. The van der Waals surface area contributed by atoms with Gasteiger partial charge in [-0.2, -0.15) is 4.73 Å². The van der Waals surface area contributed by atoms with Crippen LogP contribution in [-0.2, 0) is 15.9 Å². The highest BCUT2D eigenvalue weighted by molar-refractivity contribution is 6.35. The molecule has 0 radical (unpaired) electrons. The van der Waals surface area contributed by atoms with Crippen molar-refractivity contribution in [2.24, 2.45) is 0 Å². The van der Waals surface area contributed by atoms with E-state index in [2.05, 4.69) is 10.3 Å². The molecule has 1 amide bonds. The number of nitrogens with zero attached hydrogens (tertiary/aromatic N) is 1. The lowest BCUT2D eigenvalue weighted by Gasteiger charge is -2.24. The molecule has 4 aromatic rings. The Morgan fingerprint density at radius 2 is 1.91 bits per heavy atom. The molecule has 0 saturated carbocycles. The highest BCUT2D eigenvalue weighted by atomic mass is 35.5. The Labute approximate surface area is 208 Å². The van der Waals surface area contributed by atoms with Crippen LogP contribution in [0.3, 0.4) is 0 Å². The minimum atomic E-state index is -0.654. The van der Waals surface area contributed by atoms with E-state index in [1.807, 2.05) is 36.5 Å². The average Bonchev–Trinajstić information content (AvgIpc) is 3.38. The summed E-state index contributed by atoms with van der Waals surface area (Å²) in [5.74, 6) is -0.564. The fourth-order valence-corrected chi connectivity index (χ4v) is 4.18. The Balaban J connectivity index is 1.64. The molecule has 0 saturated heterocycles. The summed E-state index contributed by atoms with van der Waals surface area (Å²) in [5, 5.41) is 5.10. The number of carbonyl (C=O) groups excluding carboxylic acids is 2. The van der Waals surface area contributed by atoms with Gasteiger partial charge in [0.25, 0.3) is 0 Å². The molecular weight excluding hydrogens is 470 g/mol. The lowest BCUT2D eigenvalue weighted by Crippen LogP contribution is -2.44. The maximum Gasteiger partial charge on any atom is 0.408 e. The van der Waals surface area contributed by atoms with Crippen molar-refractivity contribution < 1.29 is 23.9 Å². The number of hydrogen-bond donors (Lipinski definition) is 2. The highest BCUT2D eigenvalue weighted by Gasteiger charge is 2.24. The van der Waals surface area contributed by atoms with Gasteiger partial charge in [-0.15, -0.1) is 0 Å². The SMILES string of the molecule is COC(=O)c1cc2cccc(Cl)c2n1OCC(Cc1c[nH]c2ccccc12)NC(=O)OC(C)(C)C. The van der Waals surface area contributed by atoms with Gasteiger partial charge in [-0.25, -0.2) is 9.59 Å². The number of nitrogens with one attached hydrogen (secondary N) is 2. The van der Waals surface area contributed by atoms with Crippen molar-refractivity contribution >= 4 is 45.5 Å². The van der Waals surface area contributed by atoms with Crippen molar-refractivity contribution in [2.75, 3.05) is 13.7 Å². The Bertz CT molecular complexity index is 1370. The third-order valence-electron chi connectivity index (χ3n) is 5.39. The summed E-state index contributed by atoms with van der Waals surface area (Å²) in [6.45, 7) is 5.44. The lowest BCUT2D eigenvalue weighted by molar-refractivity contribution is 0.0389. The monoisotopic (exact) mass is 497 g/mol. The van der Waals surface area contributed by atoms with E-state index in [1.54, 1.807) is 39.0 Å². The molecule has 1 atom stereocenters. The Kier molecular flexibility index (Phi) is 6.93. The first-order valence-corrected chi connectivity index (χ1v) is 11.6. The van der Waals surface area contributed by atoms with E-state index >= 15 is 0 Å². The molecule has 0 fully saturated rings. The van der Waals surface area contributed by atoms with Gasteiger partial charge in [0, 0.05) is 22.5 Å². The van der Waals surface area contributed by atoms with Gasteiger partial charge in [0.1, 0.15) is 17.7 Å². The maximum absolute atomic E-state index is 12.6. The van der Waals surface area contributed by atoms with Crippen molar-refractivity contribution in [3.05, 3.63) is 71.0 Å². The number of benzene rings is 2. The molecule has 2 aromatic heterocycles. The van der Waals surface area contributed by atoms with Crippen molar-refractivity contribution in [3.8, 4) is 0 Å². The first kappa shape index (κ1) is 24.5. The quantitative estimate of drug-likeness (QED) is 0.345. The summed E-state index contributed by atoms with van der Waals surface area (Å²) < 4.78 is 11.8. The van der Waals surface area contributed by atoms with Crippen LogP contribution in [0.1, 0.15) is 36.8 Å². The molecule has 1 unspecified atom stereocenters. The number of aromatic amines is 1. The second-order valence-electron chi connectivity index (χ2n) is 9.20. The summed E-state index contributed by atoms with van der Waals surface area (Å²) in [5.41, 5.74) is 2.08. The van der Waals surface area contributed by atoms with E-state index in [0.29, 0.717) is 17.0 Å². The van der Waals surface area contributed by atoms with Crippen LogP contribution in [0.15, 0.2) is 54.7 Å². The number of para-hydroxylation sites is 2. The molecule has 0 aliphatic carbocycles. The van der Waals surface area contributed by atoms with Crippen LogP contribution in [0.4, 0.5) is 4.79 Å². The first-order valence-electron chi connectivity index (χ1n) is 11.2. The molecule has 35 heavy (non-hydrogen) atoms. The number of fused-ring (bicyclic) bond motifs is 2. The van der Waals surface area contributed by atoms with E-state index in [1.165, 1.54) is 11.8 Å². The second kappa shape index (κ2) is 9.92. The number of hydrogen-bond acceptors (Lipinski definition) is 5. The maximum atomic E-state index is 12.6. The van der Waals surface area contributed by atoms with Gasteiger partial charge < -0.3 is 24.6 Å². The second-order valence-corrected chi connectivity index (χ2v) is 9.60. The number of H-pyrrole nitrogens is 1. The molecule has 184 valence electrons. The molecule has 2 heterocycles. The van der Waals surface area contributed by atoms with Crippen LogP contribution in [0, 0.1) is 0 Å². The minimum Gasteiger partial charge on any atom is -0.464 e. The molecule has 8 nitrogen and oxygen atoms in total. The van der Waals surface area contributed by atoms with Gasteiger partial charge in [0.2, 0.25) is 0 Å². The summed E-state index contributed by atoms with van der Waals surface area (Å²) in [4.78, 5) is 34.4. The number of rotatable bonds is 7. The van der Waals surface area contributed by atoms with Crippen molar-refractivity contribution in [1.29, 1.82) is 0 Å². The van der Waals surface area contributed by atoms with Crippen LogP contribution in [0.5, 0.6) is 0 Å². The predicted octanol–water partition coefficient (Wildman–Crippen LogP) is 5.13. The number of aromatic nitrogens is 2. The number of carbonyl (C=O) groups is 2. The molecule has 0 spiro atoms. The van der Waals surface area contributed by atoms with Crippen LogP contribution in [0.2, 0.25) is 5.02 Å². The number of amides is 1. The normalized spacial score (nSPS) is 12.5. The van der Waals surface area contributed by atoms with Gasteiger partial charge in [0.15, 0.2) is 5.69 Å². The largest absolute Gasteiger partial charge is 0.464 e. The zero-order valence-corrected chi connectivity index (χ0v) is 20.8. The average molecular weight is 498 g/mol. The van der Waals surface area contributed by atoms with E-state index in [-0.39, 0.29) is 12.3 Å². The van der Waals surface area contributed by atoms with Crippen LogP contribution in [0.25, 0.3) is 21.8 Å². The number of alkyl carbamates (subject to hydrolysis) is 1. The molecule has 4 rings (SSSR count). The van der Waals surface area contributed by atoms with Gasteiger partial charge in [-0.1, -0.05) is 41.9 Å². The fraction of sp³-hybridized carbons (Fsp3) is 0.308. The van der Waals surface area contributed by atoms with E-state index < -0.39 is 23.7 Å². The van der Waals surface area contributed by atoms with Crippen molar-refractivity contribution in [3.63, 3.8) is 0 Å². The molecule has 2 N–H and O–H groups in total. The molecule has 2 aromatic carbocycles. The Morgan fingerprint density at radius 1 is 1.14 bits per heavy atom. The third-order valence-corrected chi connectivity index (χ3v) is 5.70. The highest BCUT2D eigenvalue weighted by Crippen LogP contribution is 2.27. The lowest BCUT2D eigenvalue weighted by atomic mass is 10.1. The zero-order valence-electron chi connectivity index (χ0n) is 20.1. The van der Waals surface area contributed by atoms with Crippen molar-refractivity contribution in [1.82, 2.24) is 15.0 Å².